The summed E-state index contributed by atoms with van der Waals surface area (Å²) in [5.41, 5.74) is 2.23. The van der Waals surface area contributed by atoms with Crippen molar-refractivity contribution in [1.29, 1.82) is 0 Å². The Morgan fingerprint density at radius 3 is 2.42 bits per heavy atom. The molecule has 2 N–H and O–H groups in total. The van der Waals surface area contributed by atoms with Crippen molar-refractivity contribution in [3.05, 3.63) is 29.3 Å². The molecule has 0 amide bonds. The monoisotopic (exact) mass is 264 g/mol. The van der Waals surface area contributed by atoms with Crippen LogP contribution in [0.15, 0.2) is 18.2 Å². The van der Waals surface area contributed by atoms with Crippen molar-refractivity contribution in [3.63, 3.8) is 0 Å². The summed E-state index contributed by atoms with van der Waals surface area (Å²) in [6.45, 7) is 4.25. The quantitative estimate of drug-likeness (QED) is 0.531. The number of benzene rings is 1. The molecule has 0 aromatic heterocycles. The summed E-state index contributed by atoms with van der Waals surface area (Å²) < 4.78 is 5.01. The van der Waals surface area contributed by atoms with Gasteiger partial charge in [-0.25, -0.2) is 0 Å². The molecule has 0 bridgehead atoms. The third-order valence-electron chi connectivity index (χ3n) is 3.25. The first-order valence-corrected chi connectivity index (χ1v) is 7.25. The zero-order valence-electron chi connectivity index (χ0n) is 12.1. The molecule has 0 aliphatic heterocycles. The lowest BCUT2D eigenvalue weighted by Crippen LogP contribution is -2.21. The molecule has 0 radical (unpaired) electrons. The van der Waals surface area contributed by atoms with Gasteiger partial charge in [0, 0.05) is 0 Å². The Labute approximate surface area is 116 Å². The fourth-order valence-corrected chi connectivity index (χ4v) is 2.23. The molecule has 3 nitrogen and oxygen atoms in total. The first kappa shape index (κ1) is 16.1. The van der Waals surface area contributed by atoms with Gasteiger partial charge in [0.15, 0.2) is 0 Å². The second-order valence-corrected chi connectivity index (χ2v) is 5.07. The van der Waals surface area contributed by atoms with Crippen molar-refractivity contribution in [2.75, 3.05) is 0 Å². The molecule has 4 heteroatoms. The van der Waals surface area contributed by atoms with E-state index in [0.29, 0.717) is 5.75 Å². The molecule has 0 aliphatic carbocycles. The lowest BCUT2D eigenvalue weighted by atomic mass is 10.0. The summed E-state index contributed by atoms with van der Waals surface area (Å²) in [7, 11) is -1.74. The fourth-order valence-electron chi connectivity index (χ4n) is 2.23. The van der Waals surface area contributed by atoms with Gasteiger partial charge in [-0.15, -0.1) is 0 Å². The highest BCUT2D eigenvalue weighted by atomic mass is 16.6. The summed E-state index contributed by atoms with van der Waals surface area (Å²) in [6, 6.07) is 5.79. The van der Waals surface area contributed by atoms with E-state index in [2.05, 4.69) is 13.0 Å². The van der Waals surface area contributed by atoms with E-state index < -0.39 is 7.32 Å². The molecular weight excluding hydrogens is 239 g/mol. The zero-order valence-corrected chi connectivity index (χ0v) is 12.1. The molecule has 0 aliphatic rings. The summed E-state index contributed by atoms with van der Waals surface area (Å²) in [4.78, 5) is 0. The molecule has 106 valence electrons. The predicted octanol–water partition coefficient (Wildman–Crippen LogP) is 3.25. The van der Waals surface area contributed by atoms with Crippen LogP contribution in [0.25, 0.3) is 0 Å². The average Bonchev–Trinajstić information content (AvgIpc) is 2.36. The molecule has 0 unspecified atom stereocenters. The van der Waals surface area contributed by atoms with Gasteiger partial charge in [-0.1, -0.05) is 56.7 Å². The minimum atomic E-state index is -1.74. The zero-order chi connectivity index (χ0) is 14.1. The van der Waals surface area contributed by atoms with Crippen LogP contribution in [0.5, 0.6) is 5.75 Å². The van der Waals surface area contributed by atoms with E-state index in [1.807, 2.05) is 13.0 Å². The van der Waals surface area contributed by atoms with Gasteiger partial charge in [-0.05, 0) is 31.4 Å². The van der Waals surface area contributed by atoms with Gasteiger partial charge in [0.1, 0.15) is 5.75 Å². The number of hydrogen-bond donors (Lipinski definition) is 2. The van der Waals surface area contributed by atoms with Crippen LogP contribution in [0, 0.1) is 6.92 Å². The van der Waals surface area contributed by atoms with E-state index in [9.17, 15) is 0 Å². The first-order chi connectivity index (χ1) is 9.13. The Balaban J connectivity index is 2.44. The van der Waals surface area contributed by atoms with Crippen molar-refractivity contribution in [3.8, 4) is 5.75 Å². The van der Waals surface area contributed by atoms with E-state index in [1.54, 1.807) is 6.07 Å². The predicted molar refractivity (Wildman–Crippen MR) is 79.1 cm³/mol. The Morgan fingerprint density at radius 2 is 1.74 bits per heavy atom. The van der Waals surface area contributed by atoms with Gasteiger partial charge >= 0.3 is 7.32 Å². The molecule has 0 spiro atoms. The molecule has 1 aromatic carbocycles. The highest BCUT2D eigenvalue weighted by Gasteiger charge is 2.14. The molecule has 1 aromatic rings. The van der Waals surface area contributed by atoms with Crippen LogP contribution >= 0.6 is 0 Å². The minimum absolute atomic E-state index is 0.578. The third-order valence-corrected chi connectivity index (χ3v) is 3.25. The van der Waals surface area contributed by atoms with E-state index >= 15 is 0 Å². The fraction of sp³-hybridized carbons (Fsp3) is 0.600. The van der Waals surface area contributed by atoms with Crippen molar-refractivity contribution in [2.24, 2.45) is 0 Å². The van der Waals surface area contributed by atoms with Crippen LogP contribution in [0.2, 0.25) is 0 Å². The van der Waals surface area contributed by atoms with Crippen LogP contribution < -0.4 is 4.65 Å². The van der Waals surface area contributed by atoms with Gasteiger partial charge < -0.3 is 14.7 Å². The van der Waals surface area contributed by atoms with Crippen LogP contribution in [0.3, 0.4) is 0 Å². The number of unbranched alkanes of at least 4 members (excludes halogenated alkanes) is 5. The van der Waals surface area contributed by atoms with Gasteiger partial charge in [0.25, 0.3) is 0 Å². The lowest BCUT2D eigenvalue weighted by Gasteiger charge is -2.12. The van der Waals surface area contributed by atoms with E-state index in [1.165, 1.54) is 37.7 Å². The third kappa shape index (κ3) is 6.64. The molecular formula is C15H25BO3. The average molecular weight is 264 g/mol. The van der Waals surface area contributed by atoms with Crippen molar-refractivity contribution in [1.82, 2.24) is 0 Å². The maximum Gasteiger partial charge on any atom is 0.707 e. The Kier molecular flexibility index (Phi) is 7.60. The summed E-state index contributed by atoms with van der Waals surface area (Å²) in [5.74, 6) is 0.578. The first-order valence-electron chi connectivity index (χ1n) is 7.25. The minimum Gasteiger partial charge on any atom is -0.512 e. The molecule has 1 rings (SSSR count). The Bertz CT molecular complexity index is 366. The van der Waals surface area contributed by atoms with Crippen LogP contribution in [0.4, 0.5) is 0 Å². The SMILES string of the molecule is CCCCCCCCc1cc(C)ccc1OB(O)O. The Hall–Kier alpha value is -0.995. The second kappa shape index (κ2) is 9.00. The smallest absolute Gasteiger partial charge is 0.512 e. The van der Waals surface area contributed by atoms with Crippen LogP contribution in [-0.2, 0) is 6.42 Å². The number of hydrogen-bond acceptors (Lipinski definition) is 3. The summed E-state index contributed by atoms with van der Waals surface area (Å²) in [6.07, 6.45) is 8.43. The molecule has 0 fully saturated rings. The van der Waals surface area contributed by atoms with Gasteiger partial charge in [-0.2, -0.15) is 0 Å². The highest BCUT2D eigenvalue weighted by Crippen LogP contribution is 2.22. The summed E-state index contributed by atoms with van der Waals surface area (Å²) >= 11 is 0. The van der Waals surface area contributed by atoms with Crippen molar-refractivity contribution < 1.29 is 14.7 Å². The maximum absolute atomic E-state index is 8.90. The standard InChI is InChI=1S/C15H25BO3/c1-3-4-5-6-7-8-9-14-12-13(2)10-11-15(14)19-16(17)18/h10-12,17-18H,3-9H2,1-2H3. The van der Waals surface area contributed by atoms with E-state index in [4.69, 9.17) is 14.7 Å². The van der Waals surface area contributed by atoms with Crippen molar-refractivity contribution in [2.45, 2.75) is 58.8 Å². The molecule has 0 saturated carbocycles. The van der Waals surface area contributed by atoms with Gasteiger partial charge in [0.05, 0.1) is 0 Å². The van der Waals surface area contributed by atoms with Crippen LogP contribution in [-0.4, -0.2) is 17.4 Å². The lowest BCUT2D eigenvalue weighted by molar-refractivity contribution is 0.286. The largest absolute Gasteiger partial charge is 0.707 e. The van der Waals surface area contributed by atoms with E-state index in [0.717, 1.165) is 18.4 Å². The number of rotatable bonds is 9. The van der Waals surface area contributed by atoms with Gasteiger partial charge in [-0.3, -0.25) is 0 Å². The molecule has 0 atom stereocenters. The van der Waals surface area contributed by atoms with Gasteiger partial charge in [0.2, 0.25) is 0 Å². The topological polar surface area (TPSA) is 49.7 Å². The maximum atomic E-state index is 8.90. The molecule has 19 heavy (non-hydrogen) atoms. The second-order valence-electron chi connectivity index (χ2n) is 5.07. The number of aryl methyl sites for hydroxylation is 2. The molecule has 0 saturated heterocycles. The summed E-state index contributed by atoms with van der Waals surface area (Å²) in [5, 5.41) is 17.8. The normalized spacial score (nSPS) is 10.5. The van der Waals surface area contributed by atoms with Crippen molar-refractivity contribution >= 4 is 7.32 Å². The molecule has 0 heterocycles. The highest BCUT2D eigenvalue weighted by molar-refractivity contribution is 6.33. The van der Waals surface area contributed by atoms with E-state index in [-0.39, 0.29) is 0 Å². The van der Waals surface area contributed by atoms with Crippen LogP contribution in [0.1, 0.15) is 56.6 Å². The Morgan fingerprint density at radius 1 is 1.05 bits per heavy atom.